The van der Waals surface area contributed by atoms with Gasteiger partial charge in [-0.2, -0.15) is 0 Å². The lowest BCUT2D eigenvalue weighted by atomic mass is 10.2. The monoisotopic (exact) mass is 202 g/mol. The molecule has 2 unspecified atom stereocenters. The van der Waals surface area contributed by atoms with Gasteiger partial charge in [0.1, 0.15) is 0 Å². The SMILES string of the molecule is CC(C)COCC1CCC(C(=O)O)O1. The van der Waals surface area contributed by atoms with E-state index < -0.39 is 12.1 Å². The number of aliphatic carboxylic acids is 1. The van der Waals surface area contributed by atoms with Crippen LogP contribution in [-0.2, 0) is 14.3 Å². The summed E-state index contributed by atoms with van der Waals surface area (Å²) in [6.07, 6.45) is 0.734. The minimum Gasteiger partial charge on any atom is -0.479 e. The van der Waals surface area contributed by atoms with Crippen LogP contribution in [0, 0.1) is 5.92 Å². The molecule has 82 valence electrons. The molecule has 0 aromatic carbocycles. The number of carboxylic acids is 1. The quantitative estimate of drug-likeness (QED) is 0.730. The predicted octanol–water partition coefficient (Wildman–Crippen LogP) is 1.29. The van der Waals surface area contributed by atoms with Crippen molar-refractivity contribution in [3.8, 4) is 0 Å². The van der Waals surface area contributed by atoms with Gasteiger partial charge in [-0.25, -0.2) is 4.79 Å². The summed E-state index contributed by atoms with van der Waals surface area (Å²) < 4.78 is 10.7. The zero-order valence-electron chi connectivity index (χ0n) is 8.73. The molecule has 0 saturated carbocycles. The Morgan fingerprint density at radius 3 is 2.79 bits per heavy atom. The van der Waals surface area contributed by atoms with Crippen molar-refractivity contribution in [3.05, 3.63) is 0 Å². The fourth-order valence-electron chi connectivity index (χ4n) is 1.45. The predicted molar refractivity (Wildman–Crippen MR) is 51.2 cm³/mol. The molecule has 0 amide bonds. The lowest BCUT2D eigenvalue weighted by Gasteiger charge is -2.12. The summed E-state index contributed by atoms with van der Waals surface area (Å²) in [6, 6.07) is 0. The summed E-state index contributed by atoms with van der Waals surface area (Å²) in [5.74, 6) is -0.358. The number of rotatable bonds is 5. The van der Waals surface area contributed by atoms with Crippen LogP contribution in [0.2, 0.25) is 0 Å². The molecule has 4 nitrogen and oxygen atoms in total. The molecule has 1 aliphatic heterocycles. The van der Waals surface area contributed by atoms with Crippen molar-refractivity contribution in [1.29, 1.82) is 0 Å². The van der Waals surface area contributed by atoms with Crippen LogP contribution in [0.15, 0.2) is 0 Å². The Morgan fingerprint density at radius 1 is 1.57 bits per heavy atom. The molecular formula is C10H18O4. The average molecular weight is 202 g/mol. The highest BCUT2D eigenvalue weighted by Gasteiger charge is 2.30. The highest BCUT2D eigenvalue weighted by molar-refractivity contribution is 5.72. The van der Waals surface area contributed by atoms with Gasteiger partial charge in [-0.3, -0.25) is 0 Å². The maximum Gasteiger partial charge on any atom is 0.332 e. The Morgan fingerprint density at radius 2 is 2.29 bits per heavy atom. The van der Waals surface area contributed by atoms with Crippen LogP contribution in [0.4, 0.5) is 0 Å². The van der Waals surface area contributed by atoms with Crippen molar-refractivity contribution in [2.75, 3.05) is 13.2 Å². The number of carbonyl (C=O) groups is 1. The van der Waals surface area contributed by atoms with E-state index in [1.165, 1.54) is 0 Å². The summed E-state index contributed by atoms with van der Waals surface area (Å²) in [5.41, 5.74) is 0. The Balaban J connectivity index is 2.13. The Hall–Kier alpha value is -0.610. The van der Waals surface area contributed by atoms with Gasteiger partial charge in [0.25, 0.3) is 0 Å². The van der Waals surface area contributed by atoms with Gasteiger partial charge in [-0.1, -0.05) is 13.8 Å². The second-order valence-corrected chi connectivity index (χ2v) is 4.09. The summed E-state index contributed by atoms with van der Waals surface area (Å²) in [5, 5.41) is 8.68. The first-order valence-electron chi connectivity index (χ1n) is 5.05. The van der Waals surface area contributed by atoms with E-state index in [9.17, 15) is 4.79 Å². The van der Waals surface area contributed by atoms with E-state index >= 15 is 0 Å². The number of hydrogen-bond donors (Lipinski definition) is 1. The maximum absolute atomic E-state index is 10.6. The molecule has 1 saturated heterocycles. The van der Waals surface area contributed by atoms with E-state index in [2.05, 4.69) is 13.8 Å². The van der Waals surface area contributed by atoms with Gasteiger partial charge in [0.2, 0.25) is 0 Å². The molecular weight excluding hydrogens is 184 g/mol. The molecule has 0 aromatic rings. The first kappa shape index (κ1) is 11.5. The molecule has 0 radical (unpaired) electrons. The third-order valence-electron chi connectivity index (χ3n) is 2.14. The second kappa shape index (κ2) is 5.32. The third-order valence-corrected chi connectivity index (χ3v) is 2.14. The van der Waals surface area contributed by atoms with E-state index in [1.807, 2.05) is 0 Å². The number of carboxylic acid groups (broad SMARTS) is 1. The van der Waals surface area contributed by atoms with Crippen LogP contribution >= 0.6 is 0 Å². The molecule has 1 N–H and O–H groups in total. The molecule has 0 spiro atoms. The molecule has 14 heavy (non-hydrogen) atoms. The number of hydrogen-bond acceptors (Lipinski definition) is 3. The highest BCUT2D eigenvalue weighted by atomic mass is 16.6. The molecule has 0 aromatic heterocycles. The maximum atomic E-state index is 10.6. The van der Waals surface area contributed by atoms with E-state index in [1.54, 1.807) is 0 Å². The van der Waals surface area contributed by atoms with Gasteiger partial charge in [0, 0.05) is 6.61 Å². The van der Waals surface area contributed by atoms with Crippen molar-refractivity contribution >= 4 is 5.97 Å². The summed E-state index contributed by atoms with van der Waals surface area (Å²) in [6.45, 7) is 5.38. The molecule has 1 aliphatic rings. The normalized spacial score (nSPS) is 27.1. The first-order chi connectivity index (χ1) is 6.59. The summed E-state index contributed by atoms with van der Waals surface area (Å²) >= 11 is 0. The van der Waals surface area contributed by atoms with E-state index in [-0.39, 0.29) is 6.10 Å². The van der Waals surface area contributed by atoms with Crippen molar-refractivity contribution in [2.45, 2.75) is 38.9 Å². The summed E-state index contributed by atoms with van der Waals surface area (Å²) in [7, 11) is 0. The van der Waals surface area contributed by atoms with Crippen molar-refractivity contribution in [1.82, 2.24) is 0 Å². The van der Waals surface area contributed by atoms with E-state index in [0.717, 1.165) is 6.42 Å². The van der Waals surface area contributed by atoms with Crippen LogP contribution in [0.5, 0.6) is 0 Å². The Bertz CT molecular complexity index is 191. The van der Waals surface area contributed by atoms with E-state index in [0.29, 0.717) is 25.6 Å². The average Bonchev–Trinajstić information content (AvgIpc) is 2.52. The molecule has 2 atom stereocenters. The lowest BCUT2D eigenvalue weighted by Crippen LogP contribution is -2.23. The zero-order valence-corrected chi connectivity index (χ0v) is 8.73. The molecule has 1 rings (SSSR count). The fourth-order valence-corrected chi connectivity index (χ4v) is 1.45. The first-order valence-corrected chi connectivity index (χ1v) is 5.05. The number of ether oxygens (including phenoxy) is 2. The van der Waals surface area contributed by atoms with Crippen LogP contribution < -0.4 is 0 Å². The fraction of sp³-hybridized carbons (Fsp3) is 0.900. The van der Waals surface area contributed by atoms with Crippen LogP contribution in [0.3, 0.4) is 0 Å². The lowest BCUT2D eigenvalue weighted by molar-refractivity contribution is -0.150. The van der Waals surface area contributed by atoms with Gasteiger partial charge in [0.05, 0.1) is 12.7 Å². The smallest absolute Gasteiger partial charge is 0.332 e. The van der Waals surface area contributed by atoms with E-state index in [4.69, 9.17) is 14.6 Å². The second-order valence-electron chi connectivity index (χ2n) is 4.09. The largest absolute Gasteiger partial charge is 0.479 e. The van der Waals surface area contributed by atoms with Crippen molar-refractivity contribution in [3.63, 3.8) is 0 Å². The van der Waals surface area contributed by atoms with Gasteiger partial charge < -0.3 is 14.6 Å². The van der Waals surface area contributed by atoms with Crippen molar-refractivity contribution in [2.24, 2.45) is 5.92 Å². The standard InChI is InChI=1S/C10H18O4/c1-7(2)5-13-6-8-3-4-9(14-8)10(11)12/h7-9H,3-6H2,1-2H3,(H,11,12). The highest BCUT2D eigenvalue weighted by Crippen LogP contribution is 2.20. The summed E-state index contributed by atoms with van der Waals surface area (Å²) in [4.78, 5) is 10.6. The van der Waals surface area contributed by atoms with Crippen molar-refractivity contribution < 1.29 is 19.4 Å². The van der Waals surface area contributed by atoms with Gasteiger partial charge in [-0.05, 0) is 18.8 Å². The molecule has 0 aliphatic carbocycles. The molecule has 1 heterocycles. The molecule has 4 heteroatoms. The zero-order chi connectivity index (χ0) is 10.6. The Labute approximate surface area is 84.2 Å². The van der Waals surface area contributed by atoms with Crippen LogP contribution in [0.1, 0.15) is 26.7 Å². The molecule has 1 fully saturated rings. The minimum atomic E-state index is -0.864. The van der Waals surface area contributed by atoms with Crippen LogP contribution in [-0.4, -0.2) is 36.5 Å². The molecule has 0 bridgehead atoms. The topological polar surface area (TPSA) is 55.8 Å². The minimum absolute atomic E-state index is 0.0325. The van der Waals surface area contributed by atoms with Gasteiger partial charge >= 0.3 is 5.97 Å². The third kappa shape index (κ3) is 3.64. The van der Waals surface area contributed by atoms with Gasteiger partial charge in [-0.15, -0.1) is 0 Å². The van der Waals surface area contributed by atoms with Crippen LogP contribution in [0.25, 0.3) is 0 Å². The Kier molecular flexibility index (Phi) is 4.35. The van der Waals surface area contributed by atoms with Gasteiger partial charge in [0.15, 0.2) is 6.10 Å².